The number of hydrogen-bond donors (Lipinski definition) is 2. The fourth-order valence-electron chi connectivity index (χ4n) is 1.23. The minimum absolute atomic E-state index is 0.0261. The molecule has 0 bridgehead atoms. The van der Waals surface area contributed by atoms with Crippen LogP contribution in [0.3, 0.4) is 0 Å². The minimum atomic E-state index is -1.22. The molecule has 3 N–H and O–H groups in total. The van der Waals surface area contributed by atoms with Crippen molar-refractivity contribution < 1.29 is 23.5 Å². The molecular weight excluding hydrogens is 255 g/mol. The maximum absolute atomic E-state index is 13.3. The number of urea groups is 1. The number of amides is 3. The molecule has 0 spiro atoms. The number of aryl methyl sites for hydroxylation is 1. The van der Waals surface area contributed by atoms with Gasteiger partial charge in [-0.3, -0.25) is 10.1 Å². The van der Waals surface area contributed by atoms with Crippen molar-refractivity contribution in [1.29, 1.82) is 0 Å². The number of carbonyl (C=O) groups is 3. The molecular formula is C12H13FN2O4. The van der Waals surface area contributed by atoms with Crippen LogP contribution in [0, 0.1) is 12.7 Å². The van der Waals surface area contributed by atoms with E-state index in [9.17, 15) is 18.8 Å². The Morgan fingerprint density at radius 1 is 1.37 bits per heavy atom. The highest BCUT2D eigenvalue weighted by Crippen LogP contribution is 2.11. The van der Waals surface area contributed by atoms with Crippen LogP contribution in [0.25, 0.3) is 0 Å². The normalized spacial score (nSPS) is 11.5. The molecule has 0 unspecified atom stereocenters. The van der Waals surface area contributed by atoms with Crippen molar-refractivity contribution in [2.45, 2.75) is 20.0 Å². The number of nitrogens with two attached hydrogens (primary N) is 1. The van der Waals surface area contributed by atoms with Gasteiger partial charge in [-0.15, -0.1) is 0 Å². The number of nitrogens with one attached hydrogen (secondary N) is 1. The summed E-state index contributed by atoms with van der Waals surface area (Å²) in [5.74, 6) is -2.27. The second-order valence-corrected chi connectivity index (χ2v) is 3.87. The average molecular weight is 268 g/mol. The molecule has 0 aliphatic rings. The summed E-state index contributed by atoms with van der Waals surface area (Å²) in [5.41, 5.74) is 5.11. The van der Waals surface area contributed by atoms with Gasteiger partial charge >= 0.3 is 12.0 Å². The van der Waals surface area contributed by atoms with E-state index in [1.54, 1.807) is 12.2 Å². The van der Waals surface area contributed by atoms with Gasteiger partial charge in [0.25, 0.3) is 5.91 Å². The molecule has 19 heavy (non-hydrogen) atoms. The summed E-state index contributed by atoms with van der Waals surface area (Å²) in [6.45, 7) is 2.81. The van der Waals surface area contributed by atoms with E-state index in [-0.39, 0.29) is 5.56 Å². The number of ether oxygens (including phenoxy) is 1. The van der Waals surface area contributed by atoms with E-state index in [1.807, 2.05) is 0 Å². The summed E-state index contributed by atoms with van der Waals surface area (Å²) in [6.07, 6.45) is -1.22. The van der Waals surface area contributed by atoms with Gasteiger partial charge in [-0.2, -0.15) is 0 Å². The van der Waals surface area contributed by atoms with Crippen LogP contribution in [0.4, 0.5) is 9.18 Å². The largest absolute Gasteiger partial charge is 0.449 e. The number of hydrogen-bond acceptors (Lipinski definition) is 4. The molecule has 1 aromatic carbocycles. The summed E-state index contributed by atoms with van der Waals surface area (Å²) in [7, 11) is 0. The average Bonchev–Trinajstić information content (AvgIpc) is 2.31. The van der Waals surface area contributed by atoms with Gasteiger partial charge in [0.05, 0.1) is 5.56 Å². The Balaban J connectivity index is 2.71. The standard InChI is InChI=1S/C12H13FN2O4/c1-6-3-4-8(5-9(6)13)11(17)19-7(2)10(16)15-12(14)18/h3-5,7H,1-2H3,(H3,14,15,16,18)/t7-/m1/s1. The van der Waals surface area contributed by atoms with Crippen molar-refractivity contribution in [3.05, 3.63) is 35.1 Å². The number of carbonyl (C=O) groups excluding carboxylic acids is 3. The maximum atomic E-state index is 13.3. The lowest BCUT2D eigenvalue weighted by atomic mass is 10.1. The molecule has 6 nitrogen and oxygen atoms in total. The predicted octanol–water partition coefficient (Wildman–Crippen LogP) is 0.874. The number of esters is 1. The third kappa shape index (κ3) is 4.06. The molecule has 102 valence electrons. The van der Waals surface area contributed by atoms with Crippen molar-refractivity contribution >= 4 is 17.9 Å². The molecule has 0 aromatic heterocycles. The highest BCUT2D eigenvalue weighted by atomic mass is 19.1. The lowest BCUT2D eigenvalue weighted by Crippen LogP contribution is -2.42. The molecule has 0 saturated carbocycles. The molecule has 0 radical (unpaired) electrons. The van der Waals surface area contributed by atoms with E-state index >= 15 is 0 Å². The second-order valence-electron chi connectivity index (χ2n) is 3.87. The van der Waals surface area contributed by atoms with Gasteiger partial charge < -0.3 is 10.5 Å². The van der Waals surface area contributed by atoms with Gasteiger partial charge in [-0.1, -0.05) is 6.07 Å². The zero-order valence-electron chi connectivity index (χ0n) is 10.4. The SMILES string of the molecule is Cc1ccc(C(=O)O[C@H](C)C(=O)NC(N)=O)cc1F. The minimum Gasteiger partial charge on any atom is -0.449 e. The first kappa shape index (κ1) is 14.6. The third-order valence-corrected chi connectivity index (χ3v) is 2.31. The molecule has 0 aliphatic heterocycles. The van der Waals surface area contributed by atoms with Crippen molar-refractivity contribution in [2.75, 3.05) is 0 Å². The monoisotopic (exact) mass is 268 g/mol. The number of rotatable bonds is 3. The second kappa shape index (κ2) is 5.94. The van der Waals surface area contributed by atoms with E-state index in [1.165, 1.54) is 19.1 Å². The molecule has 0 fully saturated rings. The van der Waals surface area contributed by atoms with Crippen molar-refractivity contribution in [2.24, 2.45) is 5.73 Å². The lowest BCUT2D eigenvalue weighted by Gasteiger charge is -2.12. The summed E-state index contributed by atoms with van der Waals surface area (Å²) in [5, 5.41) is 1.77. The molecule has 3 amide bonds. The first-order valence-electron chi connectivity index (χ1n) is 5.38. The van der Waals surface area contributed by atoms with Crippen LogP contribution in [0.1, 0.15) is 22.8 Å². The van der Waals surface area contributed by atoms with E-state index in [4.69, 9.17) is 10.5 Å². The van der Waals surface area contributed by atoms with Gasteiger partial charge in [0.1, 0.15) is 5.82 Å². The first-order chi connectivity index (χ1) is 8.81. The quantitative estimate of drug-likeness (QED) is 0.795. The van der Waals surface area contributed by atoms with Gasteiger partial charge in [-0.25, -0.2) is 14.0 Å². The Bertz CT molecular complexity index is 530. The van der Waals surface area contributed by atoms with E-state index in [0.29, 0.717) is 5.56 Å². The van der Waals surface area contributed by atoms with Crippen LogP contribution >= 0.6 is 0 Å². The Morgan fingerprint density at radius 3 is 2.53 bits per heavy atom. The summed E-state index contributed by atoms with van der Waals surface area (Å²) >= 11 is 0. The van der Waals surface area contributed by atoms with Crippen LogP contribution in [0.5, 0.6) is 0 Å². The molecule has 1 atom stereocenters. The van der Waals surface area contributed by atoms with E-state index in [0.717, 1.165) is 6.07 Å². The Kier molecular flexibility index (Phi) is 4.57. The number of halogens is 1. The molecule has 1 aromatic rings. The van der Waals surface area contributed by atoms with Crippen LogP contribution < -0.4 is 11.1 Å². The molecule has 1 rings (SSSR count). The van der Waals surface area contributed by atoms with Crippen LogP contribution in [0.15, 0.2) is 18.2 Å². The topological polar surface area (TPSA) is 98.5 Å². The molecule has 0 saturated heterocycles. The molecule has 7 heteroatoms. The van der Waals surface area contributed by atoms with Gasteiger partial charge in [0.15, 0.2) is 6.10 Å². The molecule has 0 aliphatic carbocycles. The lowest BCUT2D eigenvalue weighted by molar-refractivity contribution is -0.127. The summed E-state index contributed by atoms with van der Waals surface area (Å²) in [4.78, 5) is 33.4. The van der Waals surface area contributed by atoms with Crippen LogP contribution in [0.2, 0.25) is 0 Å². The predicted molar refractivity (Wildman–Crippen MR) is 63.7 cm³/mol. The zero-order valence-corrected chi connectivity index (χ0v) is 10.4. The van der Waals surface area contributed by atoms with Gasteiger partial charge in [0.2, 0.25) is 0 Å². The van der Waals surface area contributed by atoms with Gasteiger partial charge in [-0.05, 0) is 31.5 Å². The fourth-order valence-corrected chi connectivity index (χ4v) is 1.23. The Labute approximate surface area is 108 Å². The number of imide groups is 1. The van der Waals surface area contributed by atoms with Gasteiger partial charge in [0, 0.05) is 0 Å². The number of benzene rings is 1. The Hall–Kier alpha value is -2.44. The fraction of sp³-hybridized carbons (Fsp3) is 0.250. The van der Waals surface area contributed by atoms with Crippen LogP contribution in [-0.2, 0) is 9.53 Å². The maximum Gasteiger partial charge on any atom is 0.339 e. The van der Waals surface area contributed by atoms with Crippen molar-refractivity contribution in [3.8, 4) is 0 Å². The highest BCUT2D eigenvalue weighted by Gasteiger charge is 2.20. The third-order valence-electron chi connectivity index (χ3n) is 2.31. The van der Waals surface area contributed by atoms with Crippen molar-refractivity contribution in [3.63, 3.8) is 0 Å². The molecule has 0 heterocycles. The van der Waals surface area contributed by atoms with E-state index < -0.39 is 29.8 Å². The van der Waals surface area contributed by atoms with Crippen LogP contribution in [-0.4, -0.2) is 24.0 Å². The Morgan fingerprint density at radius 2 is 2.00 bits per heavy atom. The summed E-state index contributed by atoms with van der Waals surface area (Å²) in [6, 6.07) is 2.75. The number of primary amides is 1. The van der Waals surface area contributed by atoms with Crippen molar-refractivity contribution in [1.82, 2.24) is 5.32 Å². The zero-order chi connectivity index (χ0) is 14.6. The first-order valence-corrected chi connectivity index (χ1v) is 5.38. The summed E-state index contributed by atoms with van der Waals surface area (Å²) < 4.78 is 18.0. The highest BCUT2D eigenvalue weighted by molar-refractivity contribution is 5.98. The van der Waals surface area contributed by atoms with E-state index in [2.05, 4.69) is 0 Å². The smallest absolute Gasteiger partial charge is 0.339 e.